The van der Waals surface area contributed by atoms with Crippen LogP contribution in [0.4, 0.5) is 0 Å². The van der Waals surface area contributed by atoms with E-state index in [1.165, 1.54) is 27.6 Å². The van der Waals surface area contributed by atoms with Crippen molar-refractivity contribution in [1.82, 2.24) is 9.55 Å². The van der Waals surface area contributed by atoms with Crippen LogP contribution in [-0.4, -0.2) is 21.0 Å². The molecule has 8 rings (SSSR count). The van der Waals surface area contributed by atoms with E-state index in [0.717, 1.165) is 39.0 Å². The van der Waals surface area contributed by atoms with Gasteiger partial charge in [-0.1, -0.05) is 129 Å². The second kappa shape index (κ2) is 12.9. The number of fused-ring (bicyclic) bond motifs is 5. The molecule has 0 saturated carbocycles. The van der Waals surface area contributed by atoms with Crippen molar-refractivity contribution < 1.29 is 30.5 Å². The van der Waals surface area contributed by atoms with Gasteiger partial charge in [-0.05, 0) is 71.4 Å². The fourth-order valence-corrected chi connectivity index (χ4v) is 8.34. The van der Waals surface area contributed by atoms with Gasteiger partial charge in [0.2, 0.25) is 0 Å². The second-order valence-corrected chi connectivity index (χ2v) is 17.7. The molecule has 6 aromatic rings. The van der Waals surface area contributed by atoms with Crippen molar-refractivity contribution in [2.75, 3.05) is 0 Å². The number of aryl methyl sites for hydroxylation is 1. The Labute approximate surface area is 335 Å². The van der Waals surface area contributed by atoms with Crippen LogP contribution in [0.5, 0.6) is 11.5 Å². The first-order valence-electron chi connectivity index (χ1n) is 19.1. The van der Waals surface area contributed by atoms with Gasteiger partial charge in [0.25, 0.3) is 0 Å². The van der Waals surface area contributed by atoms with Crippen molar-refractivity contribution in [2.24, 2.45) is 10.9 Å². The molecule has 2 aromatic heterocycles. The van der Waals surface area contributed by atoms with Crippen LogP contribution >= 0.6 is 0 Å². The molecule has 4 aromatic carbocycles. The Morgan fingerprint density at radius 2 is 1.56 bits per heavy atom. The van der Waals surface area contributed by atoms with Crippen LogP contribution in [0.25, 0.3) is 27.6 Å². The molecule has 54 heavy (non-hydrogen) atoms. The molecule has 0 radical (unpaired) electrons. The van der Waals surface area contributed by atoms with Crippen LogP contribution in [0, 0.1) is 25.0 Å². The zero-order chi connectivity index (χ0) is 37.8. The fourth-order valence-electron chi connectivity index (χ4n) is 8.34. The van der Waals surface area contributed by atoms with Crippen LogP contribution in [0.3, 0.4) is 0 Å². The molecule has 2 aliphatic rings. The number of hydrogen-bond donors (Lipinski definition) is 0. The van der Waals surface area contributed by atoms with E-state index in [0.29, 0.717) is 17.4 Å². The molecule has 0 spiro atoms. The van der Waals surface area contributed by atoms with E-state index >= 15 is 0 Å². The molecule has 5 nitrogen and oxygen atoms in total. The predicted molar refractivity (Wildman–Crippen MR) is 217 cm³/mol. The van der Waals surface area contributed by atoms with Gasteiger partial charge in [0.15, 0.2) is 0 Å². The molecule has 0 fully saturated rings. The molecule has 4 heterocycles. The van der Waals surface area contributed by atoms with Crippen LogP contribution in [0.1, 0.15) is 121 Å². The van der Waals surface area contributed by atoms with Gasteiger partial charge >= 0.3 is 21.1 Å². The van der Waals surface area contributed by atoms with Crippen molar-refractivity contribution in [2.45, 2.75) is 111 Å². The van der Waals surface area contributed by atoms with Crippen molar-refractivity contribution in [3.05, 3.63) is 130 Å². The third-order valence-electron chi connectivity index (χ3n) is 12.3. The van der Waals surface area contributed by atoms with Crippen molar-refractivity contribution >= 4 is 27.8 Å². The number of nitrogens with zero attached hydrogens (tertiary/aromatic N) is 3. The van der Waals surface area contributed by atoms with Crippen molar-refractivity contribution in [1.29, 1.82) is 0 Å². The summed E-state index contributed by atoms with van der Waals surface area (Å²) in [6.45, 7) is 26.8. The minimum Gasteiger partial charge on any atom is -0.508 e. The molecule has 0 amide bonds. The Hall–Kier alpha value is -4.21. The van der Waals surface area contributed by atoms with Gasteiger partial charge in [-0.3, -0.25) is 4.99 Å². The number of pyridine rings is 1. The van der Waals surface area contributed by atoms with Crippen LogP contribution in [0.2, 0.25) is 0 Å². The number of benzene rings is 4. The largest absolute Gasteiger partial charge is 2.00 e. The summed E-state index contributed by atoms with van der Waals surface area (Å²) in [5.74, 6) is 2.34. The maximum absolute atomic E-state index is 6.93. The monoisotopic (exact) mass is 896 g/mol. The summed E-state index contributed by atoms with van der Waals surface area (Å²) in [6, 6.07) is 33.3. The standard InChI is InChI=1S/C48H51N3O2.Pt/c1-28(2)31-22-32(44-50-47(11,29(3)4)48(12,53-44)33-17-14-13-15-18-33)24-35(23-31)52-41-27-40-38(21-30(41)5)46(9,10)39-26-34(45(6,7)8)25-37-36-19-16-20-49-43(36)51(40)42(37)39;/h13-23,25-26,28-29H,1-12H3;/q-2;+2/t47-,48-;/m1./s1. The van der Waals surface area contributed by atoms with E-state index in [1.807, 2.05) is 18.3 Å². The number of hydrogen-bond acceptors (Lipinski definition) is 4. The first kappa shape index (κ1) is 38.1. The molecule has 280 valence electrons. The second-order valence-electron chi connectivity index (χ2n) is 17.7. The topological polar surface area (TPSA) is 48.6 Å². The van der Waals surface area contributed by atoms with E-state index < -0.39 is 11.1 Å². The van der Waals surface area contributed by atoms with Crippen LogP contribution in [0.15, 0.2) is 84.0 Å². The number of rotatable bonds is 6. The zero-order valence-corrected chi connectivity index (χ0v) is 35.9. The van der Waals surface area contributed by atoms with E-state index in [4.69, 9.17) is 19.5 Å². The summed E-state index contributed by atoms with van der Waals surface area (Å²) >= 11 is 0. The molecule has 0 unspecified atom stereocenters. The number of aromatic nitrogens is 2. The maximum Gasteiger partial charge on any atom is 2.00 e. The number of aliphatic imine (C=N–C) groups is 1. The first-order chi connectivity index (χ1) is 24.9. The number of ether oxygens (including phenoxy) is 2. The summed E-state index contributed by atoms with van der Waals surface area (Å²) in [4.78, 5) is 10.3. The summed E-state index contributed by atoms with van der Waals surface area (Å²) in [7, 11) is 0. The Balaban J connectivity index is 0.00000450. The minimum atomic E-state index is -0.654. The molecule has 0 saturated heterocycles. The van der Waals surface area contributed by atoms with Crippen molar-refractivity contribution in [3.8, 4) is 17.2 Å². The predicted octanol–water partition coefficient (Wildman–Crippen LogP) is 12.0. The third kappa shape index (κ3) is 5.67. The van der Waals surface area contributed by atoms with Gasteiger partial charge in [0.1, 0.15) is 17.1 Å². The van der Waals surface area contributed by atoms with Gasteiger partial charge in [0, 0.05) is 28.5 Å². The molecule has 6 heteroatoms. The van der Waals surface area contributed by atoms with E-state index in [2.05, 4.69) is 160 Å². The maximum atomic E-state index is 6.93. The van der Waals surface area contributed by atoms with Gasteiger partial charge in [-0.25, -0.2) is 4.98 Å². The van der Waals surface area contributed by atoms with Gasteiger partial charge in [-0.15, -0.1) is 28.8 Å². The molecular formula is C48H51N3O2Pt. The summed E-state index contributed by atoms with van der Waals surface area (Å²) < 4.78 is 16.1. The molecule has 2 atom stereocenters. The summed E-state index contributed by atoms with van der Waals surface area (Å²) in [5.41, 5.74) is 9.54. The Bertz CT molecular complexity index is 2470. The summed E-state index contributed by atoms with van der Waals surface area (Å²) in [6.07, 6.45) is 1.88. The van der Waals surface area contributed by atoms with Crippen LogP contribution in [-0.2, 0) is 42.2 Å². The van der Waals surface area contributed by atoms with Crippen LogP contribution < -0.4 is 4.74 Å². The Morgan fingerprint density at radius 1 is 0.833 bits per heavy atom. The van der Waals surface area contributed by atoms with Gasteiger partial charge in [0.05, 0.1) is 11.1 Å². The molecule has 0 aliphatic carbocycles. The molecular weight excluding hydrogens is 846 g/mol. The van der Waals surface area contributed by atoms with Crippen molar-refractivity contribution in [3.63, 3.8) is 0 Å². The molecule has 2 aliphatic heterocycles. The molecule has 0 bridgehead atoms. The Morgan fingerprint density at radius 3 is 2.22 bits per heavy atom. The smallest absolute Gasteiger partial charge is 0.508 e. The average molecular weight is 897 g/mol. The van der Waals surface area contributed by atoms with Gasteiger partial charge < -0.3 is 14.0 Å². The average Bonchev–Trinajstić information content (AvgIpc) is 3.60. The zero-order valence-electron chi connectivity index (χ0n) is 33.6. The van der Waals surface area contributed by atoms with E-state index in [-0.39, 0.29) is 43.7 Å². The van der Waals surface area contributed by atoms with E-state index in [1.54, 1.807) is 0 Å². The quantitative estimate of drug-likeness (QED) is 0.157. The summed E-state index contributed by atoms with van der Waals surface area (Å²) in [5, 5.41) is 2.37. The minimum absolute atomic E-state index is 0. The first-order valence-corrected chi connectivity index (χ1v) is 19.1. The fraction of sp³-hybridized carbons (Fsp3) is 0.375. The molecule has 0 N–H and O–H groups in total. The normalized spacial score (nSPS) is 20.2. The Kier molecular flexibility index (Phi) is 9.13. The SMILES string of the molecule is Cc1cc2c([c-]c1Oc1[c-]c(C3=N[C@](C)(C(C)C)[C@@](C)(c4ccccc4)O3)cc(C(C)C)c1)-n1c3ncccc3c3cc(C(C)(C)C)cc(c31)C2(C)C.[Pt+2]. The third-order valence-corrected chi connectivity index (χ3v) is 12.3. The van der Waals surface area contributed by atoms with E-state index in [9.17, 15) is 0 Å². The van der Waals surface area contributed by atoms with Gasteiger partial charge in [-0.2, -0.15) is 6.07 Å².